The van der Waals surface area contributed by atoms with E-state index >= 15 is 0 Å². The largest absolute Gasteiger partial charge is 0.480 e. The Labute approximate surface area is 314 Å². The van der Waals surface area contributed by atoms with E-state index in [0.717, 1.165) is 70.6 Å². The first-order valence-electron chi connectivity index (χ1n) is 20.0. The van der Waals surface area contributed by atoms with Crippen LogP contribution in [0.1, 0.15) is 168 Å². The molecular formula is C40H72NO10P. The van der Waals surface area contributed by atoms with Gasteiger partial charge in [0.1, 0.15) is 12.7 Å². The van der Waals surface area contributed by atoms with E-state index in [0.29, 0.717) is 12.8 Å². The lowest BCUT2D eigenvalue weighted by molar-refractivity contribution is -0.147. The molecule has 0 aliphatic rings. The number of carbonyl (C=O) groups is 3. The summed E-state index contributed by atoms with van der Waals surface area (Å²) in [5.41, 5.74) is 0. The van der Waals surface area contributed by atoms with Gasteiger partial charge in [-0.3, -0.25) is 18.6 Å². The minimum atomic E-state index is -4.75. The summed E-state index contributed by atoms with van der Waals surface area (Å²) in [6.45, 7) is 2.44. The van der Waals surface area contributed by atoms with Crippen molar-refractivity contribution in [1.29, 1.82) is 0 Å². The van der Waals surface area contributed by atoms with Crippen LogP contribution in [-0.2, 0) is 32.7 Å². The smallest absolute Gasteiger partial charge is 0.472 e. The van der Waals surface area contributed by atoms with Gasteiger partial charge in [0.15, 0.2) is 6.04 Å². The number of amides is 1. The molecule has 0 aliphatic carbocycles. The molecule has 0 aromatic heterocycles. The highest BCUT2D eigenvalue weighted by molar-refractivity contribution is 7.47. The highest BCUT2D eigenvalue weighted by Crippen LogP contribution is 2.43. The van der Waals surface area contributed by atoms with Crippen LogP contribution in [0.3, 0.4) is 0 Å². The predicted octanol–water partition coefficient (Wildman–Crippen LogP) is 9.66. The maximum absolute atomic E-state index is 12.3. The second-order valence-corrected chi connectivity index (χ2v) is 14.9. The third-order valence-electron chi connectivity index (χ3n) is 8.44. The fraction of sp³-hybridized carbons (Fsp3) is 0.775. The zero-order valence-corrected chi connectivity index (χ0v) is 33.3. The first-order chi connectivity index (χ1) is 25.1. The first-order valence-corrected chi connectivity index (χ1v) is 21.5. The van der Waals surface area contributed by atoms with Crippen LogP contribution in [0.4, 0.5) is 0 Å². The predicted molar refractivity (Wildman–Crippen MR) is 208 cm³/mol. The van der Waals surface area contributed by atoms with E-state index in [1.807, 2.05) is 0 Å². The SMILES string of the molecule is CC/C=C\C/C=C\C/C=C\CCCCCCCC(=O)OCC(O)COP(=O)(O)OCC(NC(=O)CCCCCCCCCCCCCCC)C(=O)O. The minimum absolute atomic E-state index is 0.147. The highest BCUT2D eigenvalue weighted by Gasteiger charge is 2.28. The number of carboxylic acids is 1. The van der Waals surface area contributed by atoms with Gasteiger partial charge in [-0.15, -0.1) is 0 Å². The number of ether oxygens (including phenoxy) is 1. The highest BCUT2D eigenvalue weighted by atomic mass is 31.2. The van der Waals surface area contributed by atoms with Gasteiger partial charge in [-0.1, -0.05) is 147 Å². The molecule has 302 valence electrons. The topological polar surface area (TPSA) is 169 Å². The lowest BCUT2D eigenvalue weighted by atomic mass is 10.0. The number of hydrogen-bond donors (Lipinski definition) is 4. The van der Waals surface area contributed by atoms with Gasteiger partial charge in [-0.2, -0.15) is 0 Å². The normalized spacial score (nSPS) is 14.2. The Bertz CT molecular complexity index is 1030. The van der Waals surface area contributed by atoms with Gasteiger partial charge in [0.2, 0.25) is 5.91 Å². The van der Waals surface area contributed by atoms with Gasteiger partial charge in [0, 0.05) is 12.8 Å². The zero-order chi connectivity index (χ0) is 38.5. The third-order valence-corrected chi connectivity index (χ3v) is 9.39. The summed E-state index contributed by atoms with van der Waals surface area (Å²) in [5.74, 6) is -2.39. The number of aliphatic carboxylic acids is 1. The van der Waals surface area contributed by atoms with Crippen molar-refractivity contribution < 1.29 is 47.8 Å². The third kappa shape index (κ3) is 34.8. The number of carboxylic acid groups (broad SMARTS) is 1. The molecule has 3 atom stereocenters. The molecule has 3 unspecified atom stereocenters. The lowest BCUT2D eigenvalue weighted by Gasteiger charge is -2.18. The molecule has 0 spiro atoms. The Morgan fingerprint density at radius 2 is 1.12 bits per heavy atom. The number of rotatable bonds is 37. The molecule has 0 saturated heterocycles. The molecule has 0 aliphatic heterocycles. The lowest BCUT2D eigenvalue weighted by Crippen LogP contribution is -2.43. The van der Waals surface area contributed by atoms with Crippen LogP contribution < -0.4 is 5.32 Å². The molecule has 0 heterocycles. The fourth-order valence-electron chi connectivity index (χ4n) is 5.33. The maximum Gasteiger partial charge on any atom is 0.472 e. The second kappa shape index (κ2) is 35.7. The number of phosphoric ester groups is 1. The van der Waals surface area contributed by atoms with E-state index in [2.05, 4.69) is 55.6 Å². The van der Waals surface area contributed by atoms with Crippen LogP contribution in [0.25, 0.3) is 0 Å². The summed E-state index contributed by atoms with van der Waals surface area (Å²) in [6, 6.07) is -1.54. The maximum atomic E-state index is 12.3. The van der Waals surface area contributed by atoms with E-state index < -0.39 is 57.6 Å². The molecule has 11 nitrogen and oxygen atoms in total. The van der Waals surface area contributed by atoms with Crippen molar-refractivity contribution in [3.05, 3.63) is 36.5 Å². The molecule has 0 radical (unpaired) electrons. The standard InChI is InChI=1S/C40H72NO10P/c1-3-5-7-9-11-13-15-17-18-20-22-24-26-28-30-32-39(44)49-33-36(42)34-50-52(47,48)51-35-37(40(45)46)41-38(43)31-29-27-25-23-21-19-16-14-12-10-8-6-4-2/h5,7,11,13,17-18,36-37,42H,3-4,6,8-10,12,14-16,19-35H2,1-2H3,(H,41,43)(H,45,46)(H,47,48)/b7-5-,13-11-,18-17-. The van der Waals surface area contributed by atoms with Crippen molar-refractivity contribution in [3.8, 4) is 0 Å². The molecule has 0 rings (SSSR count). The number of aliphatic hydroxyl groups excluding tert-OH is 1. The van der Waals surface area contributed by atoms with Crippen LogP contribution in [0.2, 0.25) is 0 Å². The van der Waals surface area contributed by atoms with Crippen molar-refractivity contribution >= 4 is 25.7 Å². The minimum Gasteiger partial charge on any atom is -0.480 e. The summed E-state index contributed by atoms with van der Waals surface area (Å²) in [4.78, 5) is 45.7. The van der Waals surface area contributed by atoms with E-state index in [9.17, 15) is 34.1 Å². The van der Waals surface area contributed by atoms with E-state index in [4.69, 9.17) is 13.8 Å². The molecule has 0 fully saturated rings. The second-order valence-electron chi connectivity index (χ2n) is 13.4. The molecule has 0 aromatic carbocycles. The van der Waals surface area contributed by atoms with Crippen molar-refractivity contribution in [3.63, 3.8) is 0 Å². The molecule has 0 bridgehead atoms. The van der Waals surface area contributed by atoms with E-state index in [-0.39, 0.29) is 12.8 Å². The molecule has 52 heavy (non-hydrogen) atoms. The number of unbranched alkanes of at least 4 members (excludes halogenated alkanes) is 17. The summed E-state index contributed by atoms with van der Waals surface area (Å²) in [5, 5.41) is 21.8. The van der Waals surface area contributed by atoms with Crippen molar-refractivity contribution in [2.45, 2.75) is 180 Å². The van der Waals surface area contributed by atoms with Crippen molar-refractivity contribution in [2.75, 3.05) is 19.8 Å². The number of aliphatic hydroxyl groups is 1. The quantitative estimate of drug-likeness (QED) is 0.0207. The van der Waals surface area contributed by atoms with Crippen LogP contribution >= 0.6 is 7.82 Å². The zero-order valence-electron chi connectivity index (χ0n) is 32.4. The Morgan fingerprint density at radius 1 is 0.635 bits per heavy atom. The Hall–Kier alpha value is -2.30. The molecular weight excluding hydrogens is 685 g/mol. The number of nitrogens with one attached hydrogen (secondary N) is 1. The summed E-state index contributed by atoms with van der Waals surface area (Å²) in [7, 11) is -4.75. The number of allylic oxidation sites excluding steroid dienone is 6. The fourth-order valence-corrected chi connectivity index (χ4v) is 6.10. The van der Waals surface area contributed by atoms with Gasteiger partial charge in [-0.05, 0) is 44.9 Å². The molecule has 1 amide bonds. The average molecular weight is 758 g/mol. The number of carbonyl (C=O) groups excluding carboxylic acids is 2. The first kappa shape index (κ1) is 49.7. The van der Waals surface area contributed by atoms with Crippen LogP contribution in [-0.4, -0.2) is 64.9 Å². The van der Waals surface area contributed by atoms with Gasteiger partial charge < -0.3 is 25.2 Å². The Balaban J connectivity index is 3.96. The van der Waals surface area contributed by atoms with Crippen LogP contribution in [0, 0.1) is 0 Å². The molecule has 0 aromatic rings. The Kier molecular flexibility index (Phi) is 34.1. The van der Waals surface area contributed by atoms with Gasteiger partial charge in [-0.25, -0.2) is 9.36 Å². The average Bonchev–Trinajstić information content (AvgIpc) is 3.11. The van der Waals surface area contributed by atoms with Crippen LogP contribution in [0.5, 0.6) is 0 Å². The van der Waals surface area contributed by atoms with Crippen molar-refractivity contribution in [2.24, 2.45) is 0 Å². The van der Waals surface area contributed by atoms with E-state index in [1.165, 1.54) is 57.8 Å². The van der Waals surface area contributed by atoms with Crippen LogP contribution in [0.15, 0.2) is 36.5 Å². The van der Waals surface area contributed by atoms with Crippen molar-refractivity contribution in [1.82, 2.24) is 5.32 Å². The van der Waals surface area contributed by atoms with Gasteiger partial charge in [0.25, 0.3) is 0 Å². The molecule has 4 N–H and O–H groups in total. The summed E-state index contributed by atoms with van der Waals surface area (Å²) < 4.78 is 26.7. The van der Waals surface area contributed by atoms with Gasteiger partial charge in [0.05, 0.1) is 13.2 Å². The Morgan fingerprint density at radius 3 is 1.67 bits per heavy atom. The summed E-state index contributed by atoms with van der Waals surface area (Å²) in [6.07, 6.45) is 36.0. The summed E-state index contributed by atoms with van der Waals surface area (Å²) >= 11 is 0. The van der Waals surface area contributed by atoms with E-state index in [1.54, 1.807) is 0 Å². The van der Waals surface area contributed by atoms with Gasteiger partial charge >= 0.3 is 19.8 Å². The molecule has 12 heteroatoms. The molecule has 0 saturated carbocycles. The number of hydrogen-bond acceptors (Lipinski definition) is 8. The monoisotopic (exact) mass is 757 g/mol. The number of esters is 1. The number of phosphoric acid groups is 1.